The second-order valence-electron chi connectivity index (χ2n) is 4.82. The molecule has 2 rings (SSSR count). The summed E-state index contributed by atoms with van der Waals surface area (Å²) in [5.41, 5.74) is 2.29. The third kappa shape index (κ3) is 5.44. The van der Waals surface area contributed by atoms with Gasteiger partial charge >= 0.3 is 0 Å². The van der Waals surface area contributed by atoms with Crippen molar-refractivity contribution in [1.82, 2.24) is 5.32 Å². The number of hydrogen-bond donors (Lipinski definition) is 1. The molecular weight excluding hydrogens is 302 g/mol. The molecule has 0 saturated heterocycles. The van der Waals surface area contributed by atoms with E-state index in [0.717, 1.165) is 16.3 Å². The predicted octanol–water partition coefficient (Wildman–Crippen LogP) is 4.45. The van der Waals surface area contributed by atoms with Gasteiger partial charge in [-0.2, -0.15) is 0 Å². The fourth-order valence-electron chi connectivity index (χ4n) is 1.95. The SMILES string of the molecule is CC(NC(=O)CSCc1ccc(Cl)cc1)c1ccccc1. The van der Waals surface area contributed by atoms with Crippen molar-refractivity contribution in [3.8, 4) is 0 Å². The van der Waals surface area contributed by atoms with Crippen molar-refractivity contribution in [2.45, 2.75) is 18.7 Å². The summed E-state index contributed by atoms with van der Waals surface area (Å²) in [4.78, 5) is 11.9. The van der Waals surface area contributed by atoms with Gasteiger partial charge in [-0.25, -0.2) is 0 Å². The van der Waals surface area contributed by atoms with Crippen LogP contribution in [0.15, 0.2) is 54.6 Å². The van der Waals surface area contributed by atoms with E-state index in [0.29, 0.717) is 5.75 Å². The van der Waals surface area contributed by atoms with Crippen LogP contribution in [-0.4, -0.2) is 11.7 Å². The number of rotatable bonds is 6. The maximum absolute atomic E-state index is 11.9. The summed E-state index contributed by atoms with van der Waals surface area (Å²) < 4.78 is 0. The van der Waals surface area contributed by atoms with Crippen LogP contribution in [0.5, 0.6) is 0 Å². The van der Waals surface area contributed by atoms with E-state index in [1.165, 1.54) is 5.56 Å². The molecule has 4 heteroatoms. The lowest BCUT2D eigenvalue weighted by Gasteiger charge is -2.14. The average molecular weight is 320 g/mol. The molecule has 0 aliphatic heterocycles. The minimum atomic E-state index is 0.0369. The highest BCUT2D eigenvalue weighted by Crippen LogP contribution is 2.16. The second kappa shape index (κ2) is 8.11. The number of halogens is 1. The van der Waals surface area contributed by atoms with E-state index < -0.39 is 0 Å². The number of thioether (sulfide) groups is 1. The number of hydrogen-bond acceptors (Lipinski definition) is 2. The van der Waals surface area contributed by atoms with E-state index in [9.17, 15) is 4.79 Å². The van der Waals surface area contributed by atoms with Crippen molar-refractivity contribution < 1.29 is 4.79 Å². The molecule has 110 valence electrons. The van der Waals surface area contributed by atoms with E-state index in [4.69, 9.17) is 11.6 Å². The van der Waals surface area contributed by atoms with Crippen LogP contribution in [0.2, 0.25) is 5.02 Å². The lowest BCUT2D eigenvalue weighted by Crippen LogP contribution is -2.28. The lowest BCUT2D eigenvalue weighted by molar-refractivity contribution is -0.119. The Hall–Kier alpha value is -1.45. The Balaban J connectivity index is 1.73. The van der Waals surface area contributed by atoms with E-state index in [-0.39, 0.29) is 11.9 Å². The Morgan fingerprint density at radius 1 is 1.14 bits per heavy atom. The van der Waals surface area contributed by atoms with Crippen molar-refractivity contribution in [3.05, 3.63) is 70.7 Å². The topological polar surface area (TPSA) is 29.1 Å². The molecule has 1 N–H and O–H groups in total. The molecule has 1 amide bonds. The predicted molar refractivity (Wildman–Crippen MR) is 90.6 cm³/mol. The third-order valence-corrected chi connectivity index (χ3v) is 4.35. The first-order valence-corrected chi connectivity index (χ1v) is 8.35. The van der Waals surface area contributed by atoms with Crippen LogP contribution >= 0.6 is 23.4 Å². The highest BCUT2D eigenvalue weighted by Gasteiger charge is 2.09. The first-order valence-electron chi connectivity index (χ1n) is 6.81. The van der Waals surface area contributed by atoms with Gasteiger partial charge in [0.2, 0.25) is 5.91 Å². The van der Waals surface area contributed by atoms with Gasteiger partial charge < -0.3 is 5.32 Å². The molecule has 0 bridgehead atoms. The monoisotopic (exact) mass is 319 g/mol. The summed E-state index contributed by atoms with van der Waals surface area (Å²) in [6.07, 6.45) is 0. The van der Waals surface area contributed by atoms with E-state index in [1.807, 2.05) is 61.5 Å². The molecule has 21 heavy (non-hydrogen) atoms. The van der Waals surface area contributed by atoms with Crippen LogP contribution in [0.4, 0.5) is 0 Å². The average Bonchev–Trinajstić information content (AvgIpc) is 2.50. The van der Waals surface area contributed by atoms with Gasteiger partial charge in [-0.05, 0) is 30.2 Å². The van der Waals surface area contributed by atoms with Gasteiger partial charge in [0.1, 0.15) is 0 Å². The van der Waals surface area contributed by atoms with Crippen LogP contribution in [0.1, 0.15) is 24.1 Å². The Morgan fingerprint density at radius 2 is 1.81 bits per heavy atom. The molecule has 0 fully saturated rings. The third-order valence-electron chi connectivity index (χ3n) is 3.09. The van der Waals surface area contributed by atoms with Gasteiger partial charge in [0.05, 0.1) is 11.8 Å². The number of carbonyl (C=O) groups excluding carboxylic acids is 1. The molecule has 0 aliphatic carbocycles. The minimum Gasteiger partial charge on any atom is -0.349 e. The number of nitrogens with one attached hydrogen (secondary N) is 1. The van der Waals surface area contributed by atoms with E-state index in [1.54, 1.807) is 11.8 Å². The first-order chi connectivity index (χ1) is 10.1. The number of benzene rings is 2. The molecular formula is C17H18ClNOS. The Kier molecular flexibility index (Phi) is 6.15. The number of carbonyl (C=O) groups is 1. The lowest BCUT2D eigenvalue weighted by atomic mass is 10.1. The molecule has 2 aromatic carbocycles. The van der Waals surface area contributed by atoms with Crippen molar-refractivity contribution in [2.75, 3.05) is 5.75 Å². The van der Waals surface area contributed by atoms with Crippen LogP contribution < -0.4 is 5.32 Å². The standard InChI is InChI=1S/C17H18ClNOS/c1-13(15-5-3-2-4-6-15)19-17(20)12-21-11-14-7-9-16(18)10-8-14/h2-10,13H,11-12H2,1H3,(H,19,20). The molecule has 0 heterocycles. The van der Waals surface area contributed by atoms with Crippen LogP contribution in [0.25, 0.3) is 0 Å². The fraction of sp³-hybridized carbons (Fsp3) is 0.235. The van der Waals surface area contributed by atoms with Gasteiger partial charge in [0.15, 0.2) is 0 Å². The molecule has 0 radical (unpaired) electrons. The molecule has 2 nitrogen and oxygen atoms in total. The highest BCUT2D eigenvalue weighted by molar-refractivity contribution is 7.99. The van der Waals surface area contributed by atoms with E-state index in [2.05, 4.69) is 5.32 Å². The molecule has 0 spiro atoms. The first kappa shape index (κ1) is 15.9. The van der Waals surface area contributed by atoms with Gasteiger partial charge in [-0.15, -0.1) is 11.8 Å². The summed E-state index contributed by atoms with van der Waals surface area (Å²) in [7, 11) is 0. The Bertz CT molecular complexity index is 571. The maximum atomic E-state index is 11.9. The largest absolute Gasteiger partial charge is 0.349 e. The van der Waals surface area contributed by atoms with Crippen molar-refractivity contribution in [1.29, 1.82) is 0 Å². The van der Waals surface area contributed by atoms with Gasteiger partial charge in [-0.3, -0.25) is 4.79 Å². The van der Waals surface area contributed by atoms with Crippen molar-refractivity contribution in [3.63, 3.8) is 0 Å². The quantitative estimate of drug-likeness (QED) is 0.852. The smallest absolute Gasteiger partial charge is 0.230 e. The van der Waals surface area contributed by atoms with Crippen LogP contribution in [0, 0.1) is 0 Å². The van der Waals surface area contributed by atoms with Crippen LogP contribution in [-0.2, 0) is 10.5 Å². The highest BCUT2D eigenvalue weighted by atomic mass is 35.5. The molecule has 1 unspecified atom stereocenters. The van der Waals surface area contributed by atoms with E-state index >= 15 is 0 Å². The van der Waals surface area contributed by atoms with Gasteiger partial charge in [0, 0.05) is 10.8 Å². The van der Waals surface area contributed by atoms with Crippen molar-refractivity contribution >= 4 is 29.3 Å². The fourth-order valence-corrected chi connectivity index (χ4v) is 2.88. The summed E-state index contributed by atoms with van der Waals surface area (Å²) >= 11 is 7.44. The summed E-state index contributed by atoms with van der Waals surface area (Å²) in [5.74, 6) is 1.33. The molecule has 1 atom stereocenters. The zero-order valence-corrected chi connectivity index (χ0v) is 13.5. The molecule has 0 aliphatic rings. The zero-order chi connectivity index (χ0) is 15.1. The van der Waals surface area contributed by atoms with Crippen LogP contribution in [0.3, 0.4) is 0 Å². The Morgan fingerprint density at radius 3 is 2.48 bits per heavy atom. The number of amides is 1. The minimum absolute atomic E-state index is 0.0369. The van der Waals surface area contributed by atoms with Crippen molar-refractivity contribution in [2.24, 2.45) is 0 Å². The molecule has 0 aromatic heterocycles. The summed E-state index contributed by atoms with van der Waals surface area (Å²) in [5, 5.41) is 3.75. The molecule has 2 aromatic rings. The summed E-state index contributed by atoms with van der Waals surface area (Å²) in [6, 6.07) is 17.7. The second-order valence-corrected chi connectivity index (χ2v) is 6.24. The maximum Gasteiger partial charge on any atom is 0.230 e. The molecule has 0 saturated carbocycles. The summed E-state index contributed by atoms with van der Waals surface area (Å²) in [6.45, 7) is 2.00. The van der Waals surface area contributed by atoms with Gasteiger partial charge in [-0.1, -0.05) is 54.1 Å². The van der Waals surface area contributed by atoms with Gasteiger partial charge in [0.25, 0.3) is 0 Å². The normalized spacial score (nSPS) is 11.9. The zero-order valence-electron chi connectivity index (χ0n) is 11.9. The Labute approximate surface area is 134 Å².